The van der Waals surface area contributed by atoms with E-state index in [1.807, 2.05) is 0 Å². The van der Waals surface area contributed by atoms with Gasteiger partial charge in [-0.3, -0.25) is 9.36 Å². The summed E-state index contributed by atoms with van der Waals surface area (Å²) in [6, 6.07) is 2.97. The maximum atomic E-state index is 12.9. The van der Waals surface area contributed by atoms with Gasteiger partial charge in [0.05, 0.1) is 18.2 Å². The smallest absolute Gasteiger partial charge is 0.416 e. The number of fused-ring (bicyclic) bond motifs is 1. The summed E-state index contributed by atoms with van der Waals surface area (Å²) >= 11 is 5.92. The molecule has 2 heterocycles. The Hall–Kier alpha value is -2.55. The van der Waals surface area contributed by atoms with Crippen LogP contribution in [0, 0.1) is 0 Å². The maximum absolute atomic E-state index is 12.9. The van der Waals surface area contributed by atoms with Crippen molar-refractivity contribution in [2.75, 3.05) is 7.11 Å². The first-order chi connectivity index (χ1) is 11.6. The molecule has 0 unspecified atom stereocenters. The van der Waals surface area contributed by atoms with Gasteiger partial charge >= 0.3 is 6.18 Å². The van der Waals surface area contributed by atoms with E-state index in [1.165, 1.54) is 29.4 Å². The van der Waals surface area contributed by atoms with Gasteiger partial charge in [0.25, 0.3) is 5.56 Å². The first kappa shape index (κ1) is 17.3. The predicted molar refractivity (Wildman–Crippen MR) is 85.8 cm³/mol. The summed E-state index contributed by atoms with van der Waals surface area (Å²) in [4.78, 5) is 20.8. The second kappa shape index (κ2) is 5.76. The SMILES string of the molecule is COc1cc(C(F)(F)F)ccc1-c1nc2nc(Cl)n(C)c2c(=O)n1C. The molecule has 0 aliphatic carbocycles. The normalized spacial score (nSPS) is 12.0. The largest absolute Gasteiger partial charge is 0.496 e. The topological polar surface area (TPSA) is 61.9 Å². The van der Waals surface area contributed by atoms with E-state index in [0.717, 1.165) is 12.1 Å². The van der Waals surface area contributed by atoms with Gasteiger partial charge in [0, 0.05) is 14.1 Å². The van der Waals surface area contributed by atoms with Gasteiger partial charge in [0.15, 0.2) is 11.2 Å². The standard InChI is InChI=1S/C15H12ClF3N4O2/c1-22-10-11(21-14(22)16)20-12(23(2)13(10)24)8-5-4-7(15(17,18)19)6-9(8)25-3/h4-6H,1-3H3. The van der Waals surface area contributed by atoms with Crippen LogP contribution in [-0.2, 0) is 20.3 Å². The summed E-state index contributed by atoms with van der Waals surface area (Å²) in [7, 11) is 4.27. The third kappa shape index (κ3) is 2.74. The number of aromatic nitrogens is 4. The quantitative estimate of drug-likeness (QED) is 0.649. The summed E-state index contributed by atoms with van der Waals surface area (Å²) in [6.07, 6.45) is -4.51. The fraction of sp³-hybridized carbons (Fsp3) is 0.267. The summed E-state index contributed by atoms with van der Waals surface area (Å²) < 4.78 is 46.3. The molecule has 132 valence electrons. The average molecular weight is 373 g/mol. The summed E-state index contributed by atoms with van der Waals surface area (Å²) in [5.74, 6) is 0.0662. The van der Waals surface area contributed by atoms with Crippen molar-refractivity contribution in [1.29, 1.82) is 0 Å². The highest BCUT2D eigenvalue weighted by atomic mass is 35.5. The third-order valence-corrected chi connectivity index (χ3v) is 4.17. The van der Waals surface area contributed by atoms with Gasteiger partial charge in [-0.15, -0.1) is 0 Å². The van der Waals surface area contributed by atoms with Gasteiger partial charge in [0.1, 0.15) is 11.6 Å². The Labute approximate surface area is 144 Å². The molecule has 2 aromatic heterocycles. The van der Waals surface area contributed by atoms with Crippen LogP contribution in [0.25, 0.3) is 22.6 Å². The summed E-state index contributed by atoms with van der Waals surface area (Å²) in [5.41, 5.74) is -0.752. The molecule has 10 heteroatoms. The molecule has 1 aromatic carbocycles. The molecule has 0 amide bonds. The lowest BCUT2D eigenvalue weighted by atomic mass is 10.1. The molecule has 3 aromatic rings. The van der Waals surface area contributed by atoms with Crippen LogP contribution in [0.1, 0.15) is 5.56 Å². The molecule has 0 fully saturated rings. The van der Waals surface area contributed by atoms with Gasteiger partial charge in [0.2, 0.25) is 5.28 Å². The minimum Gasteiger partial charge on any atom is -0.496 e. The number of methoxy groups -OCH3 is 1. The molecule has 0 radical (unpaired) electrons. The third-order valence-electron chi connectivity index (χ3n) is 3.83. The van der Waals surface area contributed by atoms with Crippen molar-refractivity contribution < 1.29 is 17.9 Å². The highest BCUT2D eigenvalue weighted by Crippen LogP contribution is 2.36. The molecule has 0 saturated heterocycles. The van der Waals surface area contributed by atoms with Crippen LogP contribution in [0.2, 0.25) is 5.28 Å². The molecule has 0 aliphatic rings. The second-order valence-corrected chi connectivity index (χ2v) is 5.66. The minimum absolute atomic E-state index is 0.0568. The first-order valence-corrected chi connectivity index (χ1v) is 7.37. The fourth-order valence-electron chi connectivity index (χ4n) is 2.50. The van der Waals surface area contributed by atoms with Crippen LogP contribution in [0.4, 0.5) is 13.2 Å². The van der Waals surface area contributed by atoms with Crippen molar-refractivity contribution in [3.63, 3.8) is 0 Å². The van der Waals surface area contributed by atoms with E-state index in [9.17, 15) is 18.0 Å². The first-order valence-electron chi connectivity index (χ1n) is 6.99. The number of alkyl halides is 3. The highest BCUT2D eigenvalue weighted by molar-refractivity contribution is 6.29. The Kier molecular flexibility index (Phi) is 3.98. The molecular weight excluding hydrogens is 361 g/mol. The second-order valence-electron chi connectivity index (χ2n) is 5.32. The van der Waals surface area contributed by atoms with Crippen molar-refractivity contribution in [3.05, 3.63) is 39.4 Å². The Morgan fingerprint density at radius 3 is 2.44 bits per heavy atom. The zero-order chi connectivity index (χ0) is 18.5. The number of benzene rings is 1. The van der Waals surface area contributed by atoms with Gasteiger partial charge in [-0.25, -0.2) is 4.98 Å². The van der Waals surface area contributed by atoms with Gasteiger partial charge in [-0.2, -0.15) is 18.2 Å². The van der Waals surface area contributed by atoms with E-state index < -0.39 is 17.3 Å². The molecule has 0 saturated carbocycles. The number of ether oxygens (including phenoxy) is 1. The monoisotopic (exact) mass is 372 g/mol. The van der Waals surface area contributed by atoms with E-state index in [-0.39, 0.29) is 33.6 Å². The van der Waals surface area contributed by atoms with Crippen LogP contribution < -0.4 is 10.3 Å². The lowest BCUT2D eigenvalue weighted by molar-refractivity contribution is -0.137. The van der Waals surface area contributed by atoms with Gasteiger partial charge in [-0.1, -0.05) is 0 Å². The van der Waals surface area contributed by atoms with Crippen molar-refractivity contribution in [2.24, 2.45) is 14.1 Å². The van der Waals surface area contributed by atoms with Crippen molar-refractivity contribution in [2.45, 2.75) is 6.18 Å². The van der Waals surface area contributed by atoms with Gasteiger partial charge in [-0.05, 0) is 29.8 Å². The molecule has 25 heavy (non-hydrogen) atoms. The van der Waals surface area contributed by atoms with E-state index in [2.05, 4.69) is 9.97 Å². The average Bonchev–Trinajstić information content (AvgIpc) is 2.84. The molecule has 3 rings (SSSR count). The van der Waals surface area contributed by atoms with Crippen molar-refractivity contribution in [1.82, 2.24) is 19.1 Å². The number of halogens is 4. The van der Waals surface area contributed by atoms with E-state index in [1.54, 1.807) is 7.05 Å². The van der Waals surface area contributed by atoms with Crippen LogP contribution in [0.15, 0.2) is 23.0 Å². The number of rotatable bonds is 2. The Bertz CT molecular complexity index is 1040. The van der Waals surface area contributed by atoms with Crippen molar-refractivity contribution >= 4 is 22.8 Å². The molecule has 0 N–H and O–H groups in total. The molecule has 0 aliphatic heterocycles. The van der Waals surface area contributed by atoms with E-state index in [4.69, 9.17) is 16.3 Å². The number of nitrogens with zero attached hydrogens (tertiary/aromatic N) is 4. The Balaban J connectivity index is 2.30. The molecule has 0 bridgehead atoms. The van der Waals surface area contributed by atoms with Crippen molar-refractivity contribution in [3.8, 4) is 17.1 Å². The van der Waals surface area contributed by atoms with Crippen LogP contribution in [-0.4, -0.2) is 26.2 Å². The zero-order valence-corrected chi connectivity index (χ0v) is 14.1. The van der Waals surface area contributed by atoms with Crippen LogP contribution in [0.5, 0.6) is 5.75 Å². The molecule has 6 nitrogen and oxygen atoms in total. The minimum atomic E-state index is -4.51. The fourth-order valence-corrected chi connectivity index (χ4v) is 2.66. The predicted octanol–water partition coefficient (Wildman–Crippen LogP) is 3.01. The maximum Gasteiger partial charge on any atom is 0.416 e. The lowest BCUT2D eigenvalue weighted by Crippen LogP contribution is -2.22. The number of hydrogen-bond donors (Lipinski definition) is 0. The Morgan fingerprint density at radius 2 is 1.84 bits per heavy atom. The molecule has 0 atom stereocenters. The highest BCUT2D eigenvalue weighted by Gasteiger charge is 2.31. The number of hydrogen-bond acceptors (Lipinski definition) is 4. The zero-order valence-electron chi connectivity index (χ0n) is 13.3. The number of aryl methyl sites for hydroxylation is 1. The summed E-state index contributed by atoms with van der Waals surface area (Å²) in [6.45, 7) is 0. The molecular formula is C15H12ClF3N4O2. The number of imidazole rings is 1. The van der Waals surface area contributed by atoms with E-state index in [0.29, 0.717) is 0 Å². The molecule has 0 spiro atoms. The summed E-state index contributed by atoms with van der Waals surface area (Å²) in [5, 5.41) is 0.0798. The van der Waals surface area contributed by atoms with Crippen LogP contribution >= 0.6 is 11.6 Å². The lowest BCUT2D eigenvalue weighted by Gasteiger charge is -2.14. The van der Waals surface area contributed by atoms with Gasteiger partial charge < -0.3 is 9.30 Å². The van der Waals surface area contributed by atoms with E-state index >= 15 is 0 Å². The Morgan fingerprint density at radius 1 is 1.16 bits per heavy atom. The van der Waals surface area contributed by atoms with Crippen LogP contribution in [0.3, 0.4) is 0 Å².